The molecule has 2 aromatic rings. The highest BCUT2D eigenvalue weighted by atomic mass is 32.2. The molecule has 0 radical (unpaired) electrons. The van der Waals surface area contributed by atoms with E-state index in [-0.39, 0.29) is 17.2 Å². The van der Waals surface area contributed by atoms with Crippen molar-refractivity contribution in [1.82, 2.24) is 14.7 Å². The van der Waals surface area contributed by atoms with Crippen LogP contribution >= 0.6 is 11.8 Å². The van der Waals surface area contributed by atoms with Gasteiger partial charge in [0.15, 0.2) is 0 Å². The highest BCUT2D eigenvalue weighted by molar-refractivity contribution is 8.00. The van der Waals surface area contributed by atoms with Crippen LogP contribution in [0.15, 0.2) is 54.6 Å². The van der Waals surface area contributed by atoms with Gasteiger partial charge in [0.05, 0.1) is 5.75 Å². The lowest BCUT2D eigenvalue weighted by Crippen LogP contribution is -2.47. The van der Waals surface area contributed by atoms with E-state index in [1.54, 1.807) is 11.8 Å². The van der Waals surface area contributed by atoms with E-state index in [2.05, 4.69) is 24.1 Å². The van der Waals surface area contributed by atoms with Gasteiger partial charge in [-0.25, -0.2) is 0 Å². The molecule has 0 bridgehead atoms. The van der Waals surface area contributed by atoms with Crippen molar-refractivity contribution < 1.29 is 9.59 Å². The van der Waals surface area contributed by atoms with Crippen LogP contribution in [0, 0.1) is 0 Å². The van der Waals surface area contributed by atoms with Crippen molar-refractivity contribution in [3.63, 3.8) is 0 Å². The fraction of sp³-hybridized carbons (Fsp3) is 0.391. The van der Waals surface area contributed by atoms with E-state index in [0.29, 0.717) is 12.3 Å². The average Bonchev–Trinajstić information content (AvgIpc) is 3.13. The highest BCUT2D eigenvalue weighted by Gasteiger charge is 2.32. The van der Waals surface area contributed by atoms with E-state index in [0.717, 1.165) is 43.7 Å². The summed E-state index contributed by atoms with van der Waals surface area (Å²) >= 11 is 1.66. The summed E-state index contributed by atoms with van der Waals surface area (Å²) in [4.78, 5) is 31.3. The largest absolute Gasteiger partial charge is 0.336 e. The molecule has 2 heterocycles. The van der Waals surface area contributed by atoms with Crippen LogP contribution in [0.3, 0.4) is 0 Å². The number of benzene rings is 2. The van der Waals surface area contributed by atoms with E-state index in [1.165, 1.54) is 5.56 Å². The van der Waals surface area contributed by atoms with Crippen LogP contribution in [0.2, 0.25) is 0 Å². The van der Waals surface area contributed by atoms with Crippen molar-refractivity contribution in [2.45, 2.75) is 11.8 Å². The van der Waals surface area contributed by atoms with E-state index >= 15 is 0 Å². The summed E-state index contributed by atoms with van der Waals surface area (Å²) in [6.45, 7) is 4.10. The second-order valence-electron chi connectivity index (χ2n) is 7.70. The molecule has 2 aliphatic heterocycles. The zero-order chi connectivity index (χ0) is 20.2. The SMILES string of the molecule is CN1CCN(C(=O)c2ccc(C3SCC(=O)N3CCc3ccccc3)cc2)CC1. The summed E-state index contributed by atoms with van der Waals surface area (Å²) in [5, 5.41) is 0.0269. The lowest BCUT2D eigenvalue weighted by atomic mass is 10.1. The Kier molecular flexibility index (Phi) is 6.21. The third kappa shape index (κ3) is 4.65. The fourth-order valence-electron chi connectivity index (χ4n) is 3.85. The Balaban J connectivity index is 1.42. The van der Waals surface area contributed by atoms with Crippen LogP contribution in [0.25, 0.3) is 0 Å². The number of likely N-dealkylation sites (N-methyl/N-ethyl adjacent to an activating group) is 1. The van der Waals surface area contributed by atoms with E-state index in [9.17, 15) is 9.59 Å². The van der Waals surface area contributed by atoms with Gasteiger partial charge in [0, 0.05) is 38.3 Å². The van der Waals surface area contributed by atoms with Gasteiger partial charge in [-0.3, -0.25) is 9.59 Å². The van der Waals surface area contributed by atoms with Crippen molar-refractivity contribution in [2.75, 3.05) is 45.5 Å². The lowest BCUT2D eigenvalue weighted by Gasteiger charge is -2.32. The summed E-state index contributed by atoms with van der Waals surface area (Å²) < 4.78 is 0. The number of carbonyl (C=O) groups is 2. The number of hydrogen-bond acceptors (Lipinski definition) is 4. The second-order valence-corrected chi connectivity index (χ2v) is 8.77. The molecular formula is C23H27N3O2S. The third-order valence-electron chi connectivity index (χ3n) is 5.69. The number of rotatable bonds is 5. The molecule has 5 nitrogen and oxygen atoms in total. The van der Waals surface area contributed by atoms with Gasteiger partial charge in [-0.05, 0) is 36.7 Å². The molecule has 1 atom stereocenters. The van der Waals surface area contributed by atoms with Crippen LogP contribution in [0.5, 0.6) is 0 Å². The Hall–Kier alpha value is -2.31. The third-order valence-corrected chi connectivity index (χ3v) is 6.94. The maximum atomic E-state index is 12.8. The number of thioether (sulfide) groups is 1. The summed E-state index contributed by atoms with van der Waals surface area (Å²) in [6.07, 6.45) is 0.851. The molecule has 1 unspecified atom stereocenters. The molecule has 29 heavy (non-hydrogen) atoms. The molecular weight excluding hydrogens is 382 g/mol. The quantitative estimate of drug-likeness (QED) is 0.762. The average molecular weight is 410 g/mol. The molecule has 6 heteroatoms. The first-order valence-corrected chi connectivity index (χ1v) is 11.2. The number of piperazine rings is 1. The van der Waals surface area contributed by atoms with Crippen molar-refractivity contribution in [2.24, 2.45) is 0 Å². The molecule has 2 fully saturated rings. The van der Waals surface area contributed by atoms with Crippen molar-refractivity contribution >= 4 is 23.6 Å². The molecule has 2 amide bonds. The number of hydrogen-bond donors (Lipinski definition) is 0. The van der Waals surface area contributed by atoms with E-state index < -0.39 is 0 Å². The molecule has 0 aromatic heterocycles. The Morgan fingerprint density at radius 1 is 1.00 bits per heavy atom. The van der Waals surface area contributed by atoms with Crippen molar-refractivity contribution in [1.29, 1.82) is 0 Å². The minimum Gasteiger partial charge on any atom is -0.336 e. The van der Waals surface area contributed by atoms with E-state index in [4.69, 9.17) is 0 Å². The minimum atomic E-state index is 0.0269. The summed E-state index contributed by atoms with van der Waals surface area (Å²) in [5.74, 6) is 0.802. The maximum absolute atomic E-state index is 12.8. The van der Waals surface area contributed by atoms with Gasteiger partial charge in [0.1, 0.15) is 5.37 Å². The van der Waals surface area contributed by atoms with Crippen LogP contribution in [-0.4, -0.2) is 72.0 Å². The fourth-order valence-corrected chi connectivity index (χ4v) is 5.07. The van der Waals surface area contributed by atoms with Gasteiger partial charge in [-0.1, -0.05) is 42.5 Å². The van der Waals surface area contributed by atoms with Crippen molar-refractivity contribution in [3.8, 4) is 0 Å². The lowest BCUT2D eigenvalue weighted by molar-refractivity contribution is -0.128. The Morgan fingerprint density at radius 3 is 2.38 bits per heavy atom. The predicted octanol–water partition coefficient (Wildman–Crippen LogP) is 2.89. The van der Waals surface area contributed by atoms with Crippen LogP contribution < -0.4 is 0 Å². The Bertz CT molecular complexity index is 848. The topological polar surface area (TPSA) is 43.9 Å². The van der Waals surface area contributed by atoms with Crippen LogP contribution in [0.1, 0.15) is 26.9 Å². The molecule has 0 N–H and O–H groups in total. The first-order valence-electron chi connectivity index (χ1n) is 10.1. The maximum Gasteiger partial charge on any atom is 0.253 e. The molecule has 2 aliphatic rings. The second kappa shape index (κ2) is 9.01. The number of amides is 2. The molecule has 4 rings (SSSR count). The van der Waals surface area contributed by atoms with E-state index in [1.807, 2.05) is 52.3 Å². The summed E-state index contributed by atoms with van der Waals surface area (Å²) in [7, 11) is 2.08. The number of carbonyl (C=O) groups excluding carboxylic acids is 2. The smallest absolute Gasteiger partial charge is 0.253 e. The van der Waals surface area contributed by atoms with Crippen LogP contribution in [-0.2, 0) is 11.2 Å². The number of nitrogens with zero attached hydrogens (tertiary/aromatic N) is 3. The standard InChI is InChI=1S/C23H27N3O2S/c1-24-13-15-25(16-14-24)22(28)19-7-9-20(10-8-19)23-26(21(27)17-29-23)12-11-18-5-3-2-4-6-18/h2-10,23H,11-17H2,1H3. The summed E-state index contributed by atoms with van der Waals surface area (Å²) in [5.41, 5.74) is 3.05. The van der Waals surface area contributed by atoms with Gasteiger partial charge in [0.25, 0.3) is 5.91 Å². The van der Waals surface area contributed by atoms with Gasteiger partial charge < -0.3 is 14.7 Å². The first-order chi connectivity index (χ1) is 14.1. The van der Waals surface area contributed by atoms with Gasteiger partial charge in [-0.15, -0.1) is 11.8 Å². The van der Waals surface area contributed by atoms with Crippen LogP contribution in [0.4, 0.5) is 0 Å². The predicted molar refractivity (Wildman–Crippen MR) is 117 cm³/mol. The molecule has 0 aliphatic carbocycles. The van der Waals surface area contributed by atoms with Crippen molar-refractivity contribution in [3.05, 3.63) is 71.3 Å². The first kappa shape index (κ1) is 20.0. The molecule has 152 valence electrons. The van der Waals surface area contributed by atoms with Gasteiger partial charge in [0.2, 0.25) is 5.91 Å². The zero-order valence-corrected chi connectivity index (χ0v) is 17.6. The molecule has 0 saturated carbocycles. The highest BCUT2D eigenvalue weighted by Crippen LogP contribution is 2.38. The minimum absolute atomic E-state index is 0.0269. The normalized spacial score (nSPS) is 20.3. The Labute approximate surface area is 176 Å². The van der Waals surface area contributed by atoms with Gasteiger partial charge >= 0.3 is 0 Å². The molecule has 2 aromatic carbocycles. The monoisotopic (exact) mass is 409 g/mol. The molecule has 0 spiro atoms. The van der Waals surface area contributed by atoms with Gasteiger partial charge in [-0.2, -0.15) is 0 Å². The Morgan fingerprint density at radius 2 is 1.69 bits per heavy atom. The molecule has 2 saturated heterocycles. The zero-order valence-electron chi connectivity index (χ0n) is 16.8. The summed E-state index contributed by atoms with van der Waals surface area (Å²) in [6, 6.07) is 18.1.